The minimum absolute atomic E-state index is 0.0542. The number of anilines is 1. The summed E-state index contributed by atoms with van der Waals surface area (Å²) in [5.74, 6) is -0.110. The maximum atomic E-state index is 12.1. The summed E-state index contributed by atoms with van der Waals surface area (Å²) in [5, 5.41) is 20.9. The Labute approximate surface area is 142 Å². The van der Waals surface area contributed by atoms with Gasteiger partial charge in [-0.2, -0.15) is 5.26 Å². The molecule has 5 nitrogen and oxygen atoms in total. The molecular formula is C19H21N3O2. The lowest BCUT2D eigenvalue weighted by atomic mass is 10.2. The van der Waals surface area contributed by atoms with E-state index in [2.05, 4.69) is 5.32 Å². The molecule has 1 amide bonds. The van der Waals surface area contributed by atoms with Crippen molar-refractivity contribution < 1.29 is 9.90 Å². The second-order valence-corrected chi connectivity index (χ2v) is 5.48. The highest BCUT2D eigenvalue weighted by atomic mass is 16.3. The Morgan fingerprint density at radius 3 is 2.62 bits per heavy atom. The number of hydrogen-bond donors (Lipinski definition) is 2. The molecule has 0 aliphatic carbocycles. The van der Waals surface area contributed by atoms with Crippen molar-refractivity contribution in [1.29, 1.82) is 5.26 Å². The lowest BCUT2D eigenvalue weighted by Crippen LogP contribution is -2.30. The van der Waals surface area contributed by atoms with Crippen LogP contribution in [-0.2, 0) is 11.3 Å². The van der Waals surface area contributed by atoms with E-state index < -0.39 is 0 Å². The van der Waals surface area contributed by atoms with E-state index in [1.807, 2.05) is 41.3 Å². The molecule has 124 valence electrons. The largest absolute Gasteiger partial charge is 0.395 e. The molecule has 0 spiro atoms. The molecule has 0 aliphatic rings. The Morgan fingerprint density at radius 1 is 1.12 bits per heavy atom. The van der Waals surface area contributed by atoms with Crippen LogP contribution in [0.15, 0.2) is 54.6 Å². The predicted octanol–water partition coefficient (Wildman–Crippen LogP) is 2.38. The van der Waals surface area contributed by atoms with E-state index in [0.717, 1.165) is 5.56 Å². The van der Waals surface area contributed by atoms with Gasteiger partial charge in [0.25, 0.3) is 0 Å². The maximum absolute atomic E-state index is 12.1. The number of aliphatic hydroxyl groups excluding tert-OH is 1. The van der Waals surface area contributed by atoms with Gasteiger partial charge in [-0.1, -0.05) is 36.4 Å². The summed E-state index contributed by atoms with van der Waals surface area (Å²) in [7, 11) is 0. The molecule has 2 aromatic carbocycles. The molecule has 0 bridgehead atoms. The van der Waals surface area contributed by atoms with E-state index in [9.17, 15) is 9.90 Å². The average molecular weight is 323 g/mol. The first-order chi connectivity index (χ1) is 11.7. The van der Waals surface area contributed by atoms with Crippen LogP contribution in [0.2, 0.25) is 0 Å². The van der Waals surface area contributed by atoms with Crippen LogP contribution in [0.5, 0.6) is 0 Å². The number of amides is 1. The third kappa shape index (κ3) is 5.84. The zero-order valence-electron chi connectivity index (χ0n) is 13.5. The van der Waals surface area contributed by atoms with Crippen molar-refractivity contribution in [2.45, 2.75) is 13.0 Å². The number of carbonyl (C=O) groups excluding carboxylic acids is 1. The molecule has 2 N–H and O–H groups in total. The van der Waals surface area contributed by atoms with E-state index in [1.54, 1.807) is 24.3 Å². The van der Waals surface area contributed by atoms with Crippen molar-refractivity contribution in [3.05, 3.63) is 65.7 Å². The van der Waals surface area contributed by atoms with Crippen LogP contribution < -0.4 is 5.32 Å². The SMILES string of the molecule is N#Cc1cccc(NC(=O)CCN(CCO)Cc2ccccc2)c1. The molecule has 0 heterocycles. The molecule has 0 radical (unpaired) electrons. The zero-order valence-corrected chi connectivity index (χ0v) is 13.5. The first kappa shape index (κ1) is 17.7. The number of hydrogen-bond acceptors (Lipinski definition) is 4. The van der Waals surface area contributed by atoms with Gasteiger partial charge in [0.15, 0.2) is 0 Å². The molecule has 0 saturated carbocycles. The van der Waals surface area contributed by atoms with Gasteiger partial charge in [0.1, 0.15) is 0 Å². The standard InChI is InChI=1S/C19H21N3O2/c20-14-17-7-4-8-18(13-17)21-19(24)9-10-22(11-12-23)15-16-5-2-1-3-6-16/h1-8,13,23H,9-12,15H2,(H,21,24). The van der Waals surface area contributed by atoms with Gasteiger partial charge in [0, 0.05) is 31.7 Å². The Bertz CT molecular complexity index is 695. The van der Waals surface area contributed by atoms with Crippen molar-refractivity contribution in [2.24, 2.45) is 0 Å². The van der Waals surface area contributed by atoms with E-state index in [-0.39, 0.29) is 12.5 Å². The number of nitrogens with one attached hydrogen (secondary N) is 1. The topological polar surface area (TPSA) is 76.4 Å². The van der Waals surface area contributed by atoms with Gasteiger partial charge in [-0.25, -0.2) is 0 Å². The van der Waals surface area contributed by atoms with Crippen LogP contribution in [-0.4, -0.2) is 35.6 Å². The normalized spacial score (nSPS) is 10.4. The summed E-state index contributed by atoms with van der Waals surface area (Å²) < 4.78 is 0. The number of nitriles is 1. The highest BCUT2D eigenvalue weighted by Gasteiger charge is 2.09. The molecule has 0 atom stereocenters. The fraction of sp³-hybridized carbons (Fsp3) is 0.263. The van der Waals surface area contributed by atoms with Crippen molar-refractivity contribution >= 4 is 11.6 Å². The van der Waals surface area contributed by atoms with Crippen molar-refractivity contribution in [3.63, 3.8) is 0 Å². The summed E-state index contributed by atoms with van der Waals surface area (Å²) in [5.41, 5.74) is 2.28. The Kier molecular flexibility index (Phi) is 6.96. The van der Waals surface area contributed by atoms with Crippen LogP contribution in [0.3, 0.4) is 0 Å². The molecule has 0 saturated heterocycles. The van der Waals surface area contributed by atoms with Crippen molar-refractivity contribution in [3.8, 4) is 6.07 Å². The van der Waals surface area contributed by atoms with Gasteiger partial charge in [-0.05, 0) is 23.8 Å². The highest BCUT2D eigenvalue weighted by Crippen LogP contribution is 2.10. The maximum Gasteiger partial charge on any atom is 0.225 e. The van der Waals surface area contributed by atoms with Gasteiger partial charge in [-0.15, -0.1) is 0 Å². The Balaban J connectivity index is 1.86. The van der Waals surface area contributed by atoms with Crippen molar-refractivity contribution in [2.75, 3.05) is 25.0 Å². The van der Waals surface area contributed by atoms with E-state index >= 15 is 0 Å². The minimum atomic E-state index is -0.110. The molecule has 2 aromatic rings. The lowest BCUT2D eigenvalue weighted by molar-refractivity contribution is -0.116. The van der Waals surface area contributed by atoms with Gasteiger partial charge in [0.05, 0.1) is 18.2 Å². The minimum Gasteiger partial charge on any atom is -0.395 e. The first-order valence-electron chi connectivity index (χ1n) is 7.88. The number of aliphatic hydroxyl groups is 1. The van der Waals surface area contributed by atoms with Crippen LogP contribution in [0.1, 0.15) is 17.5 Å². The molecule has 0 fully saturated rings. The smallest absolute Gasteiger partial charge is 0.225 e. The summed E-state index contributed by atoms with van der Waals surface area (Å²) in [4.78, 5) is 14.1. The zero-order chi connectivity index (χ0) is 17.2. The quantitative estimate of drug-likeness (QED) is 0.782. The average Bonchev–Trinajstić information content (AvgIpc) is 2.61. The molecule has 0 aromatic heterocycles. The Morgan fingerprint density at radius 2 is 1.92 bits per heavy atom. The fourth-order valence-corrected chi connectivity index (χ4v) is 2.40. The summed E-state index contributed by atoms with van der Waals surface area (Å²) in [6.45, 7) is 1.82. The predicted molar refractivity (Wildman–Crippen MR) is 93.2 cm³/mol. The van der Waals surface area contributed by atoms with E-state index in [0.29, 0.717) is 37.3 Å². The monoisotopic (exact) mass is 323 g/mol. The fourth-order valence-electron chi connectivity index (χ4n) is 2.40. The Hall–Kier alpha value is -2.68. The van der Waals surface area contributed by atoms with Gasteiger partial charge in [-0.3, -0.25) is 9.69 Å². The molecule has 5 heteroatoms. The highest BCUT2D eigenvalue weighted by molar-refractivity contribution is 5.90. The molecule has 0 aliphatic heterocycles. The van der Waals surface area contributed by atoms with Gasteiger partial charge < -0.3 is 10.4 Å². The summed E-state index contributed by atoms with van der Waals surface area (Å²) in [6.07, 6.45) is 0.323. The third-order valence-corrected chi connectivity index (χ3v) is 3.60. The van der Waals surface area contributed by atoms with Gasteiger partial charge in [0.2, 0.25) is 5.91 Å². The third-order valence-electron chi connectivity index (χ3n) is 3.60. The summed E-state index contributed by atoms with van der Waals surface area (Å²) in [6, 6.07) is 18.8. The number of nitrogens with zero attached hydrogens (tertiary/aromatic N) is 2. The second-order valence-electron chi connectivity index (χ2n) is 5.48. The van der Waals surface area contributed by atoms with Crippen LogP contribution in [0, 0.1) is 11.3 Å². The van der Waals surface area contributed by atoms with Crippen LogP contribution >= 0.6 is 0 Å². The second kappa shape index (κ2) is 9.46. The van der Waals surface area contributed by atoms with Crippen LogP contribution in [0.4, 0.5) is 5.69 Å². The lowest BCUT2D eigenvalue weighted by Gasteiger charge is -2.21. The van der Waals surface area contributed by atoms with Crippen LogP contribution in [0.25, 0.3) is 0 Å². The van der Waals surface area contributed by atoms with Crippen molar-refractivity contribution in [1.82, 2.24) is 4.90 Å². The molecule has 2 rings (SSSR count). The molecular weight excluding hydrogens is 302 g/mol. The number of rotatable bonds is 8. The first-order valence-corrected chi connectivity index (χ1v) is 7.88. The molecule has 24 heavy (non-hydrogen) atoms. The van der Waals surface area contributed by atoms with Gasteiger partial charge >= 0.3 is 0 Å². The number of benzene rings is 2. The van der Waals surface area contributed by atoms with E-state index in [4.69, 9.17) is 5.26 Å². The summed E-state index contributed by atoms with van der Waals surface area (Å²) >= 11 is 0. The molecule has 0 unspecified atom stereocenters. The number of carbonyl (C=O) groups is 1. The van der Waals surface area contributed by atoms with E-state index in [1.165, 1.54) is 0 Å².